The molecule has 8 heteroatoms. The van der Waals surface area contributed by atoms with Gasteiger partial charge in [-0.2, -0.15) is 0 Å². The first kappa shape index (κ1) is 23.1. The highest BCUT2D eigenvalue weighted by molar-refractivity contribution is 7.22. The molecule has 2 aromatic carbocycles. The van der Waals surface area contributed by atoms with Crippen molar-refractivity contribution in [3.8, 4) is 5.75 Å². The van der Waals surface area contributed by atoms with Gasteiger partial charge in [0.05, 0.1) is 17.3 Å². The van der Waals surface area contributed by atoms with Gasteiger partial charge in [0, 0.05) is 24.7 Å². The molecule has 0 bridgehead atoms. The first-order chi connectivity index (χ1) is 13.5. The molecule has 3 aromatic rings. The van der Waals surface area contributed by atoms with Crippen molar-refractivity contribution in [3.63, 3.8) is 0 Å². The maximum Gasteiger partial charge on any atom is 0.260 e. The van der Waals surface area contributed by atoms with Gasteiger partial charge in [0.2, 0.25) is 0 Å². The van der Waals surface area contributed by atoms with Gasteiger partial charge in [-0.25, -0.2) is 9.37 Å². The van der Waals surface area contributed by atoms with Gasteiger partial charge in [0.1, 0.15) is 11.6 Å². The summed E-state index contributed by atoms with van der Waals surface area (Å²) in [4.78, 5) is 21.8. The topological polar surface area (TPSA) is 45.7 Å². The lowest BCUT2D eigenvalue weighted by molar-refractivity contribution is 0.0983. The van der Waals surface area contributed by atoms with Crippen molar-refractivity contribution in [1.82, 2.24) is 9.88 Å². The summed E-state index contributed by atoms with van der Waals surface area (Å²) in [5, 5.41) is 0.629. The highest BCUT2D eigenvalue weighted by Crippen LogP contribution is 2.32. The number of anilines is 1. The quantitative estimate of drug-likeness (QED) is 0.505. The van der Waals surface area contributed by atoms with Gasteiger partial charge in [-0.1, -0.05) is 25.2 Å². The largest absolute Gasteiger partial charge is 0.497 e. The van der Waals surface area contributed by atoms with Crippen LogP contribution >= 0.6 is 23.7 Å². The van der Waals surface area contributed by atoms with Gasteiger partial charge in [0.15, 0.2) is 5.13 Å². The lowest BCUT2D eigenvalue weighted by Gasteiger charge is -2.24. The SMILES string of the molecule is CCN(CC)CCN(C(=O)c1ccc(F)cc1)c1nc2cc(OC)ccc2s1.Cl. The Labute approximate surface area is 180 Å². The summed E-state index contributed by atoms with van der Waals surface area (Å²) in [6.45, 7) is 7.26. The smallest absolute Gasteiger partial charge is 0.260 e. The van der Waals surface area contributed by atoms with E-state index in [0.717, 1.165) is 35.6 Å². The number of halogens is 2. The second-order valence-corrected chi connectivity index (χ2v) is 7.33. The molecule has 5 nitrogen and oxygen atoms in total. The van der Waals surface area contributed by atoms with Crippen molar-refractivity contribution in [1.29, 1.82) is 0 Å². The minimum Gasteiger partial charge on any atom is -0.497 e. The van der Waals surface area contributed by atoms with E-state index in [0.29, 0.717) is 17.2 Å². The zero-order valence-electron chi connectivity index (χ0n) is 16.7. The molecule has 0 spiro atoms. The van der Waals surface area contributed by atoms with E-state index in [2.05, 4.69) is 23.7 Å². The Balaban J connectivity index is 0.00000300. The summed E-state index contributed by atoms with van der Waals surface area (Å²) in [6.07, 6.45) is 0. The molecule has 0 radical (unpaired) electrons. The van der Waals surface area contributed by atoms with Crippen LogP contribution in [0.1, 0.15) is 24.2 Å². The van der Waals surface area contributed by atoms with E-state index in [1.165, 1.54) is 35.6 Å². The number of amides is 1. The van der Waals surface area contributed by atoms with Crippen LogP contribution < -0.4 is 9.64 Å². The van der Waals surface area contributed by atoms with Crippen LogP contribution in [0.4, 0.5) is 9.52 Å². The molecule has 0 unspecified atom stereocenters. The number of fused-ring (bicyclic) bond motifs is 1. The van der Waals surface area contributed by atoms with E-state index in [9.17, 15) is 9.18 Å². The fourth-order valence-corrected chi connectivity index (χ4v) is 3.92. The number of benzene rings is 2. The fraction of sp³-hybridized carbons (Fsp3) is 0.333. The zero-order valence-corrected chi connectivity index (χ0v) is 18.4. The molecule has 0 N–H and O–H groups in total. The van der Waals surface area contributed by atoms with Crippen LogP contribution in [-0.4, -0.2) is 49.1 Å². The van der Waals surface area contributed by atoms with Crippen LogP contribution in [0.15, 0.2) is 42.5 Å². The molecule has 0 aliphatic heterocycles. The first-order valence-corrected chi connectivity index (χ1v) is 10.1. The molecule has 0 aliphatic carbocycles. The van der Waals surface area contributed by atoms with E-state index >= 15 is 0 Å². The highest BCUT2D eigenvalue weighted by atomic mass is 35.5. The van der Waals surface area contributed by atoms with Crippen LogP contribution in [0.2, 0.25) is 0 Å². The standard InChI is InChI=1S/C21H24FN3O2S.ClH/c1-4-24(5-2)12-13-25(20(26)15-6-8-16(22)9-7-15)21-23-18-14-17(27-3)10-11-19(18)28-21;/h6-11,14H,4-5,12-13H2,1-3H3;1H. The van der Waals surface area contributed by atoms with Crippen molar-refractivity contribution in [2.75, 3.05) is 38.2 Å². The second-order valence-electron chi connectivity index (χ2n) is 6.32. The number of nitrogens with zero attached hydrogens (tertiary/aromatic N) is 3. The molecule has 1 heterocycles. The number of hydrogen-bond donors (Lipinski definition) is 0. The number of carbonyl (C=O) groups is 1. The predicted molar refractivity (Wildman–Crippen MR) is 119 cm³/mol. The number of methoxy groups -OCH3 is 1. The van der Waals surface area contributed by atoms with Gasteiger partial charge in [-0.3, -0.25) is 9.69 Å². The molecule has 156 valence electrons. The summed E-state index contributed by atoms with van der Waals surface area (Å²) in [7, 11) is 1.61. The Hall–Kier alpha value is -2.22. The first-order valence-electron chi connectivity index (χ1n) is 9.30. The fourth-order valence-electron chi connectivity index (χ4n) is 2.95. The molecule has 0 saturated heterocycles. The van der Waals surface area contributed by atoms with Crippen molar-refractivity contribution in [2.45, 2.75) is 13.8 Å². The van der Waals surface area contributed by atoms with E-state index in [4.69, 9.17) is 4.74 Å². The average Bonchev–Trinajstić information content (AvgIpc) is 3.14. The van der Waals surface area contributed by atoms with Gasteiger partial charge >= 0.3 is 0 Å². The molecule has 3 rings (SSSR count). The van der Waals surface area contributed by atoms with Crippen molar-refractivity contribution >= 4 is 45.0 Å². The average molecular weight is 438 g/mol. The lowest BCUT2D eigenvalue weighted by Crippen LogP contribution is -2.38. The molecular weight excluding hydrogens is 413 g/mol. The molecule has 1 amide bonds. The van der Waals surface area contributed by atoms with Crippen LogP contribution in [0.5, 0.6) is 5.75 Å². The Bertz CT molecular complexity index is 945. The van der Waals surface area contributed by atoms with E-state index < -0.39 is 0 Å². The van der Waals surface area contributed by atoms with E-state index in [1.807, 2.05) is 18.2 Å². The Morgan fingerprint density at radius 2 is 1.79 bits per heavy atom. The number of aromatic nitrogens is 1. The molecular formula is C21H25ClFN3O2S. The number of ether oxygens (including phenoxy) is 1. The lowest BCUT2D eigenvalue weighted by atomic mass is 10.2. The number of hydrogen-bond acceptors (Lipinski definition) is 5. The predicted octanol–water partition coefficient (Wildman–Crippen LogP) is 4.85. The summed E-state index contributed by atoms with van der Waals surface area (Å²) in [5.41, 5.74) is 1.23. The summed E-state index contributed by atoms with van der Waals surface area (Å²) >= 11 is 1.46. The van der Waals surface area contributed by atoms with E-state index in [1.54, 1.807) is 12.0 Å². The van der Waals surface area contributed by atoms with Crippen LogP contribution in [0.3, 0.4) is 0 Å². The Kier molecular flexibility index (Phi) is 8.37. The van der Waals surface area contributed by atoms with Crippen LogP contribution in [0.25, 0.3) is 10.2 Å². The van der Waals surface area contributed by atoms with E-state index in [-0.39, 0.29) is 24.1 Å². The Morgan fingerprint density at radius 1 is 1.10 bits per heavy atom. The van der Waals surface area contributed by atoms with Crippen molar-refractivity contribution < 1.29 is 13.9 Å². The molecule has 0 aliphatic rings. The van der Waals surface area contributed by atoms with Crippen molar-refractivity contribution in [3.05, 3.63) is 53.8 Å². The number of carbonyl (C=O) groups excluding carboxylic acids is 1. The molecule has 1 aromatic heterocycles. The second kappa shape index (κ2) is 10.5. The third kappa shape index (κ3) is 5.44. The minimum atomic E-state index is -0.363. The normalized spacial score (nSPS) is 10.8. The van der Waals surface area contributed by atoms with Crippen LogP contribution in [-0.2, 0) is 0 Å². The minimum absolute atomic E-state index is 0. The van der Waals surface area contributed by atoms with Crippen LogP contribution in [0, 0.1) is 5.82 Å². The van der Waals surface area contributed by atoms with Gasteiger partial charge in [-0.15, -0.1) is 12.4 Å². The number of thiazole rings is 1. The van der Waals surface area contributed by atoms with Crippen molar-refractivity contribution in [2.24, 2.45) is 0 Å². The summed E-state index contributed by atoms with van der Waals surface area (Å²) in [5.74, 6) is 0.181. The zero-order chi connectivity index (χ0) is 20.1. The maximum atomic E-state index is 13.3. The maximum absolute atomic E-state index is 13.3. The highest BCUT2D eigenvalue weighted by Gasteiger charge is 2.22. The summed E-state index contributed by atoms with van der Waals surface area (Å²) in [6, 6.07) is 11.3. The molecule has 0 fully saturated rings. The monoisotopic (exact) mass is 437 g/mol. The Morgan fingerprint density at radius 3 is 2.41 bits per heavy atom. The molecule has 0 saturated carbocycles. The van der Waals surface area contributed by atoms with Gasteiger partial charge in [-0.05, 0) is 49.5 Å². The summed E-state index contributed by atoms with van der Waals surface area (Å²) < 4.78 is 19.5. The third-order valence-corrected chi connectivity index (χ3v) is 5.74. The molecule has 29 heavy (non-hydrogen) atoms. The van der Waals surface area contributed by atoms with Gasteiger partial charge in [0.25, 0.3) is 5.91 Å². The third-order valence-electron chi connectivity index (χ3n) is 4.68. The molecule has 0 atom stereocenters. The number of likely N-dealkylation sites (N-methyl/N-ethyl adjacent to an activating group) is 1. The van der Waals surface area contributed by atoms with Gasteiger partial charge < -0.3 is 9.64 Å². The number of rotatable bonds is 8.